The van der Waals surface area contributed by atoms with Crippen LogP contribution in [0, 0.1) is 35.5 Å². The first-order valence-corrected chi connectivity index (χ1v) is 18.7. The van der Waals surface area contributed by atoms with E-state index in [9.17, 15) is 14.4 Å². The van der Waals surface area contributed by atoms with E-state index < -0.39 is 5.41 Å². The fraction of sp³-hybridized carbons (Fsp3) is 0.512. The zero-order valence-corrected chi connectivity index (χ0v) is 30.6. The van der Waals surface area contributed by atoms with E-state index in [1.54, 1.807) is 13.2 Å². The van der Waals surface area contributed by atoms with Crippen molar-refractivity contribution in [2.24, 2.45) is 28.6 Å². The molecule has 270 valence electrons. The smallest absolute Gasteiger partial charge is 0.312 e. The summed E-state index contributed by atoms with van der Waals surface area (Å²) >= 11 is 0. The summed E-state index contributed by atoms with van der Waals surface area (Å²) in [5.74, 6) is 0.620. The first kappa shape index (κ1) is 35.1. The molecule has 3 aromatic carbocycles. The summed E-state index contributed by atoms with van der Waals surface area (Å²) in [7, 11) is 1.56. The highest BCUT2D eigenvalue weighted by Gasteiger charge is 2.50. The van der Waals surface area contributed by atoms with Gasteiger partial charge in [0.25, 0.3) is 5.91 Å². The lowest BCUT2D eigenvalue weighted by Crippen LogP contribution is -2.52. The Bertz CT molecular complexity index is 1830. The molecule has 0 spiro atoms. The summed E-state index contributed by atoms with van der Waals surface area (Å²) in [5, 5.41) is 8.83. The van der Waals surface area contributed by atoms with E-state index in [4.69, 9.17) is 14.2 Å². The highest BCUT2D eigenvalue weighted by Crippen LogP contribution is 2.46. The summed E-state index contributed by atoms with van der Waals surface area (Å²) in [6, 6.07) is 17.7. The maximum Gasteiger partial charge on any atom is 0.312 e. The molecule has 4 aliphatic carbocycles. The predicted octanol–water partition coefficient (Wildman–Crippen LogP) is 7.84. The minimum absolute atomic E-state index is 0.0405. The molecule has 0 heterocycles. The van der Waals surface area contributed by atoms with Gasteiger partial charge in [-0.25, -0.2) is 0 Å². The van der Waals surface area contributed by atoms with Crippen LogP contribution in [-0.2, 0) is 20.9 Å². The van der Waals surface area contributed by atoms with E-state index in [-0.39, 0.29) is 65.7 Å². The van der Waals surface area contributed by atoms with Crippen molar-refractivity contribution in [1.82, 2.24) is 10.6 Å². The molecule has 2 N–H and O–H groups in total. The topological polar surface area (TPSA) is 103 Å². The molecule has 3 saturated carbocycles. The van der Waals surface area contributed by atoms with Crippen LogP contribution in [0.15, 0.2) is 66.7 Å². The molecule has 51 heavy (non-hydrogen) atoms. The van der Waals surface area contributed by atoms with Crippen molar-refractivity contribution in [2.45, 2.75) is 104 Å². The van der Waals surface area contributed by atoms with E-state index >= 15 is 0 Å². The summed E-state index contributed by atoms with van der Waals surface area (Å²) < 4.78 is 18.1. The van der Waals surface area contributed by atoms with Gasteiger partial charge < -0.3 is 24.8 Å². The number of esters is 1. The van der Waals surface area contributed by atoms with Crippen LogP contribution >= 0.6 is 0 Å². The van der Waals surface area contributed by atoms with Gasteiger partial charge in [0.1, 0.15) is 18.1 Å². The van der Waals surface area contributed by atoms with Crippen LogP contribution in [0.1, 0.15) is 93.6 Å². The Hall–Kier alpha value is -4.33. The van der Waals surface area contributed by atoms with Crippen LogP contribution in [0.5, 0.6) is 11.5 Å². The second-order valence-corrected chi connectivity index (χ2v) is 16.3. The fourth-order valence-electron chi connectivity index (χ4n) is 9.07. The number of hydrogen-bond acceptors (Lipinski definition) is 6. The van der Waals surface area contributed by atoms with Crippen molar-refractivity contribution < 1.29 is 28.6 Å². The molecule has 5 atom stereocenters. The highest BCUT2D eigenvalue weighted by molar-refractivity contribution is 5.98. The molecule has 3 fully saturated rings. The number of nitrogens with one attached hydrogen (secondary N) is 2. The molecule has 0 saturated heterocycles. The first-order chi connectivity index (χ1) is 24.5. The summed E-state index contributed by atoms with van der Waals surface area (Å²) in [4.78, 5) is 41.0. The van der Waals surface area contributed by atoms with Crippen LogP contribution in [0.4, 0.5) is 0 Å². The molecule has 4 aliphatic rings. The number of rotatable bonds is 10. The Balaban J connectivity index is 0.987. The van der Waals surface area contributed by atoms with Gasteiger partial charge >= 0.3 is 5.97 Å². The van der Waals surface area contributed by atoms with Crippen molar-refractivity contribution in [3.8, 4) is 11.5 Å². The monoisotopic (exact) mass is 692 g/mol. The number of benzene rings is 3. The van der Waals surface area contributed by atoms with Crippen molar-refractivity contribution in [2.75, 3.05) is 7.11 Å². The summed E-state index contributed by atoms with van der Waals surface area (Å²) in [6.07, 6.45) is 11.0. The molecular weight excluding hydrogens is 640 g/mol. The van der Waals surface area contributed by atoms with Crippen molar-refractivity contribution >= 4 is 28.6 Å². The minimum Gasteiger partial charge on any atom is -0.496 e. The van der Waals surface area contributed by atoms with Crippen molar-refractivity contribution in [3.05, 3.63) is 83.4 Å². The Kier molecular flexibility index (Phi) is 9.63. The van der Waals surface area contributed by atoms with Crippen LogP contribution < -0.4 is 20.1 Å². The van der Waals surface area contributed by atoms with E-state index in [2.05, 4.69) is 54.8 Å². The maximum atomic E-state index is 14.0. The van der Waals surface area contributed by atoms with Gasteiger partial charge in [0.05, 0.1) is 30.1 Å². The number of aryl methyl sites for hydroxylation is 1. The number of methoxy groups -OCH3 is 1. The third kappa shape index (κ3) is 6.98. The van der Waals surface area contributed by atoms with Crippen LogP contribution in [0.25, 0.3) is 10.8 Å². The van der Waals surface area contributed by atoms with Crippen molar-refractivity contribution in [3.63, 3.8) is 0 Å². The third-order valence-corrected chi connectivity index (χ3v) is 12.4. The van der Waals surface area contributed by atoms with Crippen molar-refractivity contribution in [1.29, 1.82) is 0 Å². The normalized spacial score (nSPS) is 29.1. The number of ether oxygens (including phenoxy) is 3. The number of hydrogen-bond donors (Lipinski definition) is 2. The molecule has 7 rings (SSSR count). The van der Waals surface area contributed by atoms with Gasteiger partial charge in [0.15, 0.2) is 0 Å². The molecule has 3 aromatic rings. The lowest BCUT2D eigenvalue weighted by molar-refractivity contribution is -0.159. The molecule has 0 aliphatic heterocycles. The minimum atomic E-state index is -0.587. The van der Waals surface area contributed by atoms with E-state index in [0.29, 0.717) is 42.7 Å². The van der Waals surface area contributed by atoms with Gasteiger partial charge in [0, 0.05) is 12.1 Å². The Labute approximate surface area is 301 Å². The van der Waals surface area contributed by atoms with Crippen LogP contribution in [0.2, 0.25) is 0 Å². The van der Waals surface area contributed by atoms with Gasteiger partial charge in [-0.15, -0.1) is 0 Å². The quantitative estimate of drug-likeness (QED) is 0.166. The standard InChI is InChI=1S/C43H52N2O6/c1-26-22-35(49-5)33(39(46)45-38-29-16-15-28(23-29)37(38)40(47)44-36-14-9-19-42(36,2)3)24-34(26)51-31-17-20-43(4,21-18-31)41(48)50-25-30-12-8-11-27-10-6-7-13-32(27)30/h6-8,10-13,15-16,22,24,28-29,31,36-38H,9,14,17-21,23,25H2,1-5H3,(H,44,47)(H,45,46)/t28-,29+,31-,36+,37+,38-,43+/m1/s1. The second kappa shape index (κ2) is 14.0. The lowest BCUT2D eigenvalue weighted by atomic mass is 9.74. The van der Waals surface area contributed by atoms with Gasteiger partial charge in [-0.2, -0.15) is 0 Å². The first-order valence-electron chi connectivity index (χ1n) is 18.7. The van der Waals surface area contributed by atoms with Gasteiger partial charge in [0.2, 0.25) is 5.91 Å². The second-order valence-electron chi connectivity index (χ2n) is 16.3. The van der Waals surface area contributed by atoms with Gasteiger partial charge in [-0.3, -0.25) is 14.4 Å². The van der Waals surface area contributed by atoms with Gasteiger partial charge in [-0.05, 0) is 110 Å². The number of fused-ring (bicyclic) bond motifs is 3. The molecular formula is C43H52N2O6. The molecule has 0 unspecified atom stereocenters. The molecule has 0 aromatic heterocycles. The molecule has 8 heteroatoms. The Morgan fingerprint density at radius 3 is 2.35 bits per heavy atom. The number of allylic oxidation sites excluding steroid dienone is 1. The molecule has 0 radical (unpaired) electrons. The van der Waals surface area contributed by atoms with E-state index in [1.807, 2.05) is 44.2 Å². The zero-order valence-electron chi connectivity index (χ0n) is 30.6. The zero-order chi connectivity index (χ0) is 35.9. The molecule has 8 nitrogen and oxygen atoms in total. The maximum absolute atomic E-state index is 14.0. The van der Waals surface area contributed by atoms with Crippen LogP contribution in [0.3, 0.4) is 0 Å². The average molecular weight is 693 g/mol. The van der Waals surface area contributed by atoms with Crippen LogP contribution in [-0.4, -0.2) is 43.1 Å². The van der Waals surface area contributed by atoms with E-state index in [1.165, 1.54) is 0 Å². The lowest BCUT2D eigenvalue weighted by Gasteiger charge is -2.35. The summed E-state index contributed by atoms with van der Waals surface area (Å²) in [6.45, 7) is 8.63. The molecule has 2 amide bonds. The fourth-order valence-corrected chi connectivity index (χ4v) is 9.07. The highest BCUT2D eigenvalue weighted by atomic mass is 16.5. The van der Waals surface area contributed by atoms with Gasteiger partial charge in [-0.1, -0.05) is 74.9 Å². The average Bonchev–Trinajstić information content (AvgIpc) is 3.83. The number of carbonyl (C=O) groups excluding carboxylic acids is 3. The van der Waals surface area contributed by atoms with E-state index in [0.717, 1.165) is 47.6 Å². The predicted molar refractivity (Wildman–Crippen MR) is 198 cm³/mol. The largest absolute Gasteiger partial charge is 0.496 e. The summed E-state index contributed by atoms with van der Waals surface area (Å²) in [5.41, 5.74) is 1.74. The number of carbonyl (C=O) groups is 3. The SMILES string of the molecule is COc1cc(C)c(O[C@H]2CC[C@@](C)(C(=O)OCc3cccc4ccccc34)CC2)cc1C(=O)N[C@H]1[C@@H](C(=O)N[C@H]2CCCC2(C)C)[C@@H]2C=C[C@H]1C2. The molecule has 2 bridgehead atoms. The number of amides is 2. The third-order valence-electron chi connectivity index (χ3n) is 12.4. The Morgan fingerprint density at radius 2 is 1.61 bits per heavy atom. The Morgan fingerprint density at radius 1 is 0.863 bits per heavy atom.